The highest BCUT2D eigenvalue weighted by atomic mass is 35.5. The molecule has 0 N–H and O–H groups in total. The Morgan fingerprint density at radius 2 is 1.82 bits per heavy atom. The molecule has 0 unspecified atom stereocenters. The molecule has 148 valence electrons. The summed E-state index contributed by atoms with van der Waals surface area (Å²) in [5, 5.41) is 0.941. The van der Waals surface area contributed by atoms with Crippen molar-refractivity contribution in [2.45, 2.75) is 13.0 Å². The lowest BCUT2D eigenvalue weighted by atomic mass is 10.2. The van der Waals surface area contributed by atoms with Crippen molar-refractivity contribution >= 4 is 35.2 Å². The molecule has 0 saturated carbocycles. The van der Waals surface area contributed by atoms with Crippen LogP contribution < -0.4 is 4.74 Å². The van der Waals surface area contributed by atoms with Gasteiger partial charge in [0, 0.05) is 37.7 Å². The van der Waals surface area contributed by atoms with Gasteiger partial charge in [0.25, 0.3) is 5.91 Å². The molecule has 1 amide bonds. The summed E-state index contributed by atoms with van der Waals surface area (Å²) < 4.78 is 5.75. The standard InChI is InChI=1S/C22H24Cl2N2O2/c1-17(28-21-10-9-19(23)16-20(21)24)22(27)26-14-12-25(13-15-26)11-5-8-18-6-3-2-4-7-18/h2-10,16-17H,11-15H2,1H3/b8-5+/t17-/m0/s1. The van der Waals surface area contributed by atoms with Gasteiger partial charge in [0.1, 0.15) is 5.75 Å². The maximum absolute atomic E-state index is 12.7. The zero-order valence-electron chi connectivity index (χ0n) is 15.9. The van der Waals surface area contributed by atoms with E-state index in [0.717, 1.165) is 19.6 Å². The van der Waals surface area contributed by atoms with Crippen molar-refractivity contribution in [3.63, 3.8) is 0 Å². The van der Waals surface area contributed by atoms with Crippen LogP contribution in [0.1, 0.15) is 12.5 Å². The van der Waals surface area contributed by atoms with Gasteiger partial charge in [-0.1, -0.05) is 65.7 Å². The lowest BCUT2D eigenvalue weighted by Crippen LogP contribution is -2.51. The Morgan fingerprint density at radius 1 is 1.11 bits per heavy atom. The molecule has 2 aromatic carbocycles. The molecule has 0 spiro atoms. The number of rotatable bonds is 6. The van der Waals surface area contributed by atoms with E-state index in [1.807, 2.05) is 23.1 Å². The first-order valence-electron chi connectivity index (χ1n) is 9.37. The minimum atomic E-state index is -0.594. The van der Waals surface area contributed by atoms with Gasteiger partial charge in [0.15, 0.2) is 6.10 Å². The third-order valence-electron chi connectivity index (χ3n) is 4.70. The quantitative estimate of drug-likeness (QED) is 0.685. The Kier molecular flexibility index (Phi) is 7.37. The number of benzene rings is 2. The number of hydrogen-bond acceptors (Lipinski definition) is 3. The smallest absolute Gasteiger partial charge is 0.263 e. The summed E-state index contributed by atoms with van der Waals surface area (Å²) in [4.78, 5) is 16.9. The van der Waals surface area contributed by atoms with Crippen LogP contribution in [0.2, 0.25) is 10.0 Å². The van der Waals surface area contributed by atoms with Crippen LogP contribution in [0.3, 0.4) is 0 Å². The first-order chi connectivity index (χ1) is 13.5. The molecule has 1 heterocycles. The van der Waals surface area contributed by atoms with Crippen molar-refractivity contribution in [1.29, 1.82) is 0 Å². The van der Waals surface area contributed by atoms with E-state index in [9.17, 15) is 4.79 Å². The molecular weight excluding hydrogens is 395 g/mol. The topological polar surface area (TPSA) is 32.8 Å². The number of amides is 1. The summed E-state index contributed by atoms with van der Waals surface area (Å²) in [5.74, 6) is 0.446. The number of piperazine rings is 1. The van der Waals surface area contributed by atoms with Crippen LogP contribution in [-0.2, 0) is 4.79 Å². The second kappa shape index (κ2) is 9.97. The Balaban J connectivity index is 1.46. The maximum Gasteiger partial charge on any atom is 0.263 e. The molecule has 2 aromatic rings. The van der Waals surface area contributed by atoms with Gasteiger partial charge in [-0.25, -0.2) is 0 Å². The normalized spacial score (nSPS) is 16.3. The number of hydrogen-bond donors (Lipinski definition) is 0. The summed E-state index contributed by atoms with van der Waals surface area (Å²) in [6.45, 7) is 5.71. The van der Waals surface area contributed by atoms with E-state index in [-0.39, 0.29) is 5.91 Å². The van der Waals surface area contributed by atoms with Crippen molar-refractivity contribution in [1.82, 2.24) is 9.80 Å². The van der Waals surface area contributed by atoms with Gasteiger partial charge in [-0.3, -0.25) is 9.69 Å². The van der Waals surface area contributed by atoms with Gasteiger partial charge in [-0.05, 0) is 30.7 Å². The van der Waals surface area contributed by atoms with Gasteiger partial charge in [0.2, 0.25) is 0 Å². The number of carbonyl (C=O) groups is 1. The van der Waals surface area contributed by atoms with Crippen LogP contribution in [-0.4, -0.2) is 54.5 Å². The van der Waals surface area contributed by atoms with E-state index >= 15 is 0 Å². The molecule has 0 radical (unpaired) electrons. The highest BCUT2D eigenvalue weighted by molar-refractivity contribution is 6.35. The van der Waals surface area contributed by atoms with E-state index in [1.54, 1.807) is 25.1 Å². The molecule has 0 bridgehead atoms. The lowest BCUT2D eigenvalue weighted by Gasteiger charge is -2.35. The van der Waals surface area contributed by atoms with Crippen molar-refractivity contribution in [3.05, 3.63) is 70.2 Å². The Labute approximate surface area is 176 Å². The third kappa shape index (κ3) is 5.74. The average molecular weight is 419 g/mol. The predicted octanol–water partition coefficient (Wildman–Crippen LogP) is 4.62. The molecule has 1 saturated heterocycles. The first-order valence-corrected chi connectivity index (χ1v) is 10.1. The van der Waals surface area contributed by atoms with E-state index in [1.165, 1.54) is 5.56 Å². The summed E-state index contributed by atoms with van der Waals surface area (Å²) >= 11 is 12.0. The molecule has 6 heteroatoms. The highest BCUT2D eigenvalue weighted by Gasteiger charge is 2.26. The highest BCUT2D eigenvalue weighted by Crippen LogP contribution is 2.28. The van der Waals surface area contributed by atoms with Crippen molar-refractivity contribution in [2.24, 2.45) is 0 Å². The summed E-state index contributed by atoms with van der Waals surface area (Å²) in [7, 11) is 0. The molecule has 1 fully saturated rings. The third-order valence-corrected chi connectivity index (χ3v) is 5.23. The van der Waals surface area contributed by atoms with Gasteiger partial charge in [-0.15, -0.1) is 0 Å². The fraction of sp³-hybridized carbons (Fsp3) is 0.318. The van der Waals surface area contributed by atoms with E-state index < -0.39 is 6.10 Å². The zero-order valence-corrected chi connectivity index (χ0v) is 17.4. The predicted molar refractivity (Wildman–Crippen MR) is 115 cm³/mol. The molecule has 4 nitrogen and oxygen atoms in total. The minimum absolute atomic E-state index is 0.0227. The average Bonchev–Trinajstić information content (AvgIpc) is 2.71. The monoisotopic (exact) mass is 418 g/mol. The van der Waals surface area contributed by atoms with Crippen LogP contribution in [0.5, 0.6) is 5.75 Å². The van der Waals surface area contributed by atoms with E-state index in [4.69, 9.17) is 27.9 Å². The summed E-state index contributed by atoms with van der Waals surface area (Å²) in [5.41, 5.74) is 1.20. The van der Waals surface area contributed by atoms with Gasteiger partial charge in [-0.2, -0.15) is 0 Å². The number of nitrogens with zero attached hydrogens (tertiary/aromatic N) is 2. The molecule has 1 atom stereocenters. The van der Waals surface area contributed by atoms with Crippen LogP contribution >= 0.6 is 23.2 Å². The molecule has 1 aliphatic rings. The number of carbonyl (C=O) groups excluding carboxylic acids is 1. The second-order valence-electron chi connectivity index (χ2n) is 6.77. The van der Waals surface area contributed by atoms with Gasteiger partial charge in [0.05, 0.1) is 5.02 Å². The molecule has 0 aromatic heterocycles. The van der Waals surface area contributed by atoms with Crippen LogP contribution in [0.25, 0.3) is 6.08 Å². The van der Waals surface area contributed by atoms with Gasteiger partial charge >= 0.3 is 0 Å². The maximum atomic E-state index is 12.7. The SMILES string of the molecule is C[C@H](Oc1ccc(Cl)cc1Cl)C(=O)N1CCN(C/C=C/c2ccccc2)CC1. The van der Waals surface area contributed by atoms with Crippen molar-refractivity contribution in [2.75, 3.05) is 32.7 Å². The lowest BCUT2D eigenvalue weighted by molar-refractivity contribution is -0.139. The molecule has 28 heavy (non-hydrogen) atoms. The summed E-state index contributed by atoms with van der Waals surface area (Å²) in [6, 6.07) is 15.2. The Bertz CT molecular complexity index is 819. The molecule has 0 aliphatic carbocycles. The Morgan fingerprint density at radius 3 is 2.50 bits per heavy atom. The largest absolute Gasteiger partial charge is 0.479 e. The van der Waals surface area contributed by atoms with E-state index in [2.05, 4.69) is 29.2 Å². The molecule has 1 aliphatic heterocycles. The molecular formula is C22H24Cl2N2O2. The fourth-order valence-corrected chi connectivity index (χ4v) is 3.57. The number of ether oxygens (including phenoxy) is 1. The van der Waals surface area contributed by atoms with Crippen molar-refractivity contribution in [3.8, 4) is 5.75 Å². The van der Waals surface area contributed by atoms with Crippen molar-refractivity contribution < 1.29 is 9.53 Å². The molecule has 3 rings (SSSR count). The van der Waals surface area contributed by atoms with Gasteiger partial charge < -0.3 is 9.64 Å². The number of halogens is 2. The van der Waals surface area contributed by atoms with Crippen LogP contribution in [0.15, 0.2) is 54.6 Å². The van der Waals surface area contributed by atoms with Crippen LogP contribution in [0.4, 0.5) is 0 Å². The Hall–Kier alpha value is -2.01. The van der Waals surface area contributed by atoms with Crippen LogP contribution in [0, 0.1) is 0 Å². The van der Waals surface area contributed by atoms with E-state index in [0.29, 0.717) is 28.9 Å². The minimum Gasteiger partial charge on any atom is -0.479 e. The fourth-order valence-electron chi connectivity index (χ4n) is 3.12. The zero-order chi connectivity index (χ0) is 19.9. The summed E-state index contributed by atoms with van der Waals surface area (Å²) in [6.07, 6.45) is 3.70. The first kappa shape index (κ1) is 20.7. The second-order valence-corrected chi connectivity index (χ2v) is 7.62.